The highest BCUT2D eigenvalue weighted by molar-refractivity contribution is 5.84. The zero-order valence-corrected chi connectivity index (χ0v) is 10.4. The van der Waals surface area contributed by atoms with E-state index < -0.39 is 5.41 Å². The SMILES string of the molecule is CN(Cc1ccccc1F)C(=O)C1(CN)COC1. The second kappa shape index (κ2) is 5.04. The molecule has 0 aliphatic carbocycles. The lowest BCUT2D eigenvalue weighted by Gasteiger charge is -2.41. The van der Waals surface area contributed by atoms with E-state index in [1.807, 2.05) is 0 Å². The van der Waals surface area contributed by atoms with E-state index in [9.17, 15) is 9.18 Å². The van der Waals surface area contributed by atoms with E-state index in [0.717, 1.165) is 0 Å². The standard InChI is InChI=1S/C13H17FN2O2/c1-16(6-10-4-2-3-5-11(10)14)12(17)13(7-15)8-18-9-13/h2-5H,6-9,15H2,1H3. The lowest BCUT2D eigenvalue weighted by molar-refractivity contribution is -0.169. The molecule has 0 aromatic heterocycles. The van der Waals surface area contributed by atoms with Crippen molar-refractivity contribution in [1.29, 1.82) is 0 Å². The first-order valence-corrected chi connectivity index (χ1v) is 5.86. The summed E-state index contributed by atoms with van der Waals surface area (Å²) in [5, 5.41) is 0. The summed E-state index contributed by atoms with van der Waals surface area (Å²) in [5.41, 5.74) is 5.52. The van der Waals surface area contributed by atoms with Gasteiger partial charge in [0.1, 0.15) is 11.2 Å². The van der Waals surface area contributed by atoms with E-state index in [-0.39, 0.29) is 24.8 Å². The van der Waals surface area contributed by atoms with E-state index in [1.165, 1.54) is 11.0 Å². The van der Waals surface area contributed by atoms with E-state index in [1.54, 1.807) is 25.2 Å². The second-order valence-electron chi connectivity index (χ2n) is 4.73. The van der Waals surface area contributed by atoms with Crippen LogP contribution in [0.4, 0.5) is 4.39 Å². The van der Waals surface area contributed by atoms with Gasteiger partial charge in [-0.15, -0.1) is 0 Å². The van der Waals surface area contributed by atoms with Crippen LogP contribution in [-0.2, 0) is 16.1 Å². The number of halogens is 1. The molecule has 0 radical (unpaired) electrons. The Balaban J connectivity index is 2.06. The fraction of sp³-hybridized carbons (Fsp3) is 0.462. The summed E-state index contributed by atoms with van der Waals surface area (Å²) in [6.07, 6.45) is 0. The van der Waals surface area contributed by atoms with E-state index >= 15 is 0 Å². The molecule has 1 saturated heterocycles. The van der Waals surface area contributed by atoms with Gasteiger partial charge in [0.05, 0.1) is 13.2 Å². The van der Waals surface area contributed by atoms with Gasteiger partial charge < -0.3 is 15.4 Å². The number of amides is 1. The van der Waals surface area contributed by atoms with Crippen LogP contribution in [0.25, 0.3) is 0 Å². The smallest absolute Gasteiger partial charge is 0.234 e. The Morgan fingerprint density at radius 3 is 2.67 bits per heavy atom. The number of benzene rings is 1. The Labute approximate surface area is 106 Å². The van der Waals surface area contributed by atoms with Crippen LogP contribution in [0.2, 0.25) is 0 Å². The molecule has 1 amide bonds. The van der Waals surface area contributed by atoms with Gasteiger partial charge in [0.25, 0.3) is 0 Å². The maximum Gasteiger partial charge on any atom is 0.234 e. The van der Waals surface area contributed by atoms with Gasteiger partial charge in [0.2, 0.25) is 5.91 Å². The van der Waals surface area contributed by atoms with Gasteiger partial charge in [-0.05, 0) is 6.07 Å². The average molecular weight is 252 g/mol. The molecule has 1 aliphatic heterocycles. The van der Waals surface area contributed by atoms with Crippen molar-refractivity contribution in [3.05, 3.63) is 35.6 Å². The van der Waals surface area contributed by atoms with E-state index in [4.69, 9.17) is 10.5 Å². The van der Waals surface area contributed by atoms with Gasteiger partial charge >= 0.3 is 0 Å². The third kappa shape index (κ3) is 2.23. The van der Waals surface area contributed by atoms with Crippen LogP contribution in [0, 0.1) is 11.2 Å². The number of nitrogens with zero attached hydrogens (tertiary/aromatic N) is 1. The van der Waals surface area contributed by atoms with Crippen LogP contribution < -0.4 is 5.73 Å². The molecule has 0 atom stereocenters. The first-order chi connectivity index (χ1) is 8.59. The summed E-state index contributed by atoms with van der Waals surface area (Å²) in [4.78, 5) is 13.7. The van der Waals surface area contributed by atoms with Crippen LogP contribution in [0.5, 0.6) is 0 Å². The Morgan fingerprint density at radius 1 is 1.50 bits per heavy atom. The van der Waals surface area contributed by atoms with Crippen molar-refractivity contribution in [2.45, 2.75) is 6.54 Å². The molecule has 0 unspecified atom stereocenters. The maximum atomic E-state index is 13.5. The number of carbonyl (C=O) groups excluding carboxylic acids is 1. The minimum Gasteiger partial charge on any atom is -0.379 e. The van der Waals surface area contributed by atoms with E-state index in [0.29, 0.717) is 18.8 Å². The van der Waals surface area contributed by atoms with Gasteiger partial charge in [-0.25, -0.2) is 4.39 Å². The number of hydrogen-bond donors (Lipinski definition) is 1. The molecule has 1 fully saturated rings. The van der Waals surface area contributed by atoms with Crippen LogP contribution in [0.15, 0.2) is 24.3 Å². The zero-order chi connectivity index (χ0) is 13.2. The first-order valence-electron chi connectivity index (χ1n) is 5.86. The summed E-state index contributed by atoms with van der Waals surface area (Å²) in [7, 11) is 1.66. The van der Waals surface area contributed by atoms with Gasteiger partial charge in [0, 0.05) is 25.7 Å². The molecule has 2 N–H and O–H groups in total. The second-order valence-corrected chi connectivity index (χ2v) is 4.73. The number of carbonyl (C=O) groups is 1. The molecule has 1 aliphatic rings. The Kier molecular flexibility index (Phi) is 3.63. The minimum atomic E-state index is -0.611. The number of rotatable bonds is 4. The summed E-state index contributed by atoms with van der Waals surface area (Å²) in [6.45, 7) is 1.20. The topological polar surface area (TPSA) is 55.6 Å². The maximum absolute atomic E-state index is 13.5. The highest BCUT2D eigenvalue weighted by atomic mass is 19.1. The quantitative estimate of drug-likeness (QED) is 0.860. The molecular formula is C13H17FN2O2. The van der Waals surface area contributed by atoms with Crippen LogP contribution in [0.3, 0.4) is 0 Å². The number of nitrogens with two attached hydrogens (primary N) is 1. The Bertz CT molecular complexity index is 441. The zero-order valence-electron chi connectivity index (χ0n) is 10.4. The van der Waals surface area contributed by atoms with Crippen molar-refractivity contribution in [1.82, 2.24) is 4.90 Å². The van der Waals surface area contributed by atoms with Gasteiger partial charge in [0.15, 0.2) is 0 Å². The van der Waals surface area contributed by atoms with Gasteiger partial charge in [-0.1, -0.05) is 18.2 Å². The molecule has 18 heavy (non-hydrogen) atoms. The largest absolute Gasteiger partial charge is 0.379 e. The molecule has 1 aromatic carbocycles. The molecule has 0 spiro atoms. The summed E-state index contributed by atoms with van der Waals surface area (Å²) < 4.78 is 18.6. The third-order valence-corrected chi connectivity index (χ3v) is 3.31. The molecule has 98 valence electrons. The van der Waals surface area contributed by atoms with Gasteiger partial charge in [-0.3, -0.25) is 4.79 Å². The summed E-state index contributed by atoms with van der Waals surface area (Å²) in [5.74, 6) is -0.386. The Hall–Kier alpha value is -1.46. The number of ether oxygens (including phenoxy) is 1. The van der Waals surface area contributed by atoms with Crippen LogP contribution in [-0.4, -0.2) is 37.6 Å². The molecule has 1 aromatic rings. The molecule has 0 saturated carbocycles. The van der Waals surface area contributed by atoms with E-state index in [2.05, 4.69) is 0 Å². The van der Waals surface area contributed by atoms with Crippen molar-refractivity contribution < 1.29 is 13.9 Å². The molecule has 0 bridgehead atoms. The fourth-order valence-electron chi connectivity index (χ4n) is 2.04. The average Bonchev–Trinajstić information content (AvgIpc) is 2.31. The predicted molar refractivity (Wildman–Crippen MR) is 65.2 cm³/mol. The highest BCUT2D eigenvalue weighted by Crippen LogP contribution is 2.28. The highest BCUT2D eigenvalue weighted by Gasteiger charge is 2.46. The van der Waals surface area contributed by atoms with Crippen molar-refractivity contribution in [3.8, 4) is 0 Å². The normalized spacial score (nSPS) is 17.1. The van der Waals surface area contributed by atoms with Crippen molar-refractivity contribution >= 4 is 5.91 Å². The third-order valence-electron chi connectivity index (χ3n) is 3.31. The van der Waals surface area contributed by atoms with Crippen LogP contribution >= 0.6 is 0 Å². The summed E-state index contributed by atoms with van der Waals surface area (Å²) >= 11 is 0. The molecule has 4 nitrogen and oxygen atoms in total. The number of hydrogen-bond acceptors (Lipinski definition) is 3. The Morgan fingerprint density at radius 2 is 2.17 bits per heavy atom. The molecule has 2 rings (SSSR count). The summed E-state index contributed by atoms with van der Waals surface area (Å²) in [6, 6.07) is 6.44. The van der Waals surface area contributed by atoms with Crippen molar-refractivity contribution in [2.24, 2.45) is 11.1 Å². The van der Waals surface area contributed by atoms with Crippen LogP contribution in [0.1, 0.15) is 5.56 Å². The molecule has 5 heteroatoms. The lowest BCUT2D eigenvalue weighted by Crippen LogP contribution is -2.58. The van der Waals surface area contributed by atoms with Crippen molar-refractivity contribution in [2.75, 3.05) is 26.8 Å². The molecule has 1 heterocycles. The predicted octanol–water partition coefficient (Wildman–Crippen LogP) is 0.759. The van der Waals surface area contributed by atoms with Gasteiger partial charge in [-0.2, -0.15) is 0 Å². The first kappa shape index (κ1) is 13.0. The van der Waals surface area contributed by atoms with Crippen molar-refractivity contribution in [3.63, 3.8) is 0 Å². The fourth-order valence-corrected chi connectivity index (χ4v) is 2.04. The lowest BCUT2D eigenvalue weighted by atomic mass is 9.84. The molecular weight excluding hydrogens is 235 g/mol. The minimum absolute atomic E-state index is 0.0838. The monoisotopic (exact) mass is 252 g/mol.